The average Bonchev–Trinajstić information content (AvgIpc) is 2.68. The highest BCUT2D eigenvalue weighted by Crippen LogP contribution is 2.23. The molecule has 0 aliphatic carbocycles. The maximum absolute atomic E-state index is 12.7. The predicted molar refractivity (Wildman–Crippen MR) is 106 cm³/mol. The Morgan fingerprint density at radius 2 is 1.93 bits per heavy atom. The minimum absolute atomic E-state index is 0.00192. The number of nitrogen functional groups attached to an aromatic ring is 1. The van der Waals surface area contributed by atoms with Crippen LogP contribution >= 0.6 is 0 Å². The third-order valence-corrected chi connectivity index (χ3v) is 5.28. The normalized spacial score (nSPS) is 11.4. The third kappa shape index (κ3) is 4.13. The van der Waals surface area contributed by atoms with Gasteiger partial charge in [0, 0.05) is 37.6 Å². The zero-order valence-electron chi connectivity index (χ0n) is 15.2. The Morgan fingerprint density at radius 3 is 2.61 bits per heavy atom. The Hall–Kier alpha value is -3.37. The SMILES string of the molecule is CN(C)S(=O)(=O)Nc1cccc(-c2cnc(N)c(C(=O)c3cccnc3)n2)c1. The van der Waals surface area contributed by atoms with Crippen LogP contribution in [-0.2, 0) is 10.2 Å². The molecule has 9 nitrogen and oxygen atoms in total. The van der Waals surface area contributed by atoms with Crippen molar-refractivity contribution in [3.8, 4) is 11.3 Å². The van der Waals surface area contributed by atoms with Crippen LogP contribution in [0.3, 0.4) is 0 Å². The molecule has 3 rings (SSSR count). The smallest absolute Gasteiger partial charge is 0.301 e. The Bertz CT molecular complexity index is 1120. The number of carbonyl (C=O) groups is 1. The van der Waals surface area contributed by atoms with Crippen LogP contribution in [0.4, 0.5) is 11.5 Å². The van der Waals surface area contributed by atoms with E-state index in [0.717, 1.165) is 4.31 Å². The molecule has 0 saturated heterocycles. The van der Waals surface area contributed by atoms with E-state index in [0.29, 0.717) is 22.5 Å². The molecular weight excluding hydrogens is 380 g/mol. The number of aromatic nitrogens is 3. The molecule has 28 heavy (non-hydrogen) atoms. The van der Waals surface area contributed by atoms with E-state index < -0.39 is 16.0 Å². The van der Waals surface area contributed by atoms with Crippen molar-refractivity contribution in [2.45, 2.75) is 0 Å². The van der Waals surface area contributed by atoms with Crippen molar-refractivity contribution in [2.75, 3.05) is 24.6 Å². The summed E-state index contributed by atoms with van der Waals surface area (Å²) in [7, 11) is -0.799. The van der Waals surface area contributed by atoms with E-state index in [2.05, 4.69) is 19.7 Å². The number of benzene rings is 1. The summed E-state index contributed by atoms with van der Waals surface area (Å²) in [6.45, 7) is 0. The second-order valence-electron chi connectivity index (χ2n) is 6.03. The zero-order valence-corrected chi connectivity index (χ0v) is 16.0. The monoisotopic (exact) mass is 398 g/mol. The molecule has 0 saturated carbocycles. The Kier molecular flexibility index (Phi) is 5.34. The van der Waals surface area contributed by atoms with E-state index in [1.807, 2.05) is 0 Å². The molecule has 0 radical (unpaired) electrons. The molecule has 0 aliphatic heterocycles. The van der Waals surface area contributed by atoms with E-state index in [9.17, 15) is 13.2 Å². The highest BCUT2D eigenvalue weighted by molar-refractivity contribution is 7.90. The summed E-state index contributed by atoms with van der Waals surface area (Å²) >= 11 is 0. The van der Waals surface area contributed by atoms with Gasteiger partial charge in [0.2, 0.25) is 5.78 Å². The number of nitrogens with zero attached hydrogens (tertiary/aromatic N) is 4. The molecule has 0 amide bonds. The summed E-state index contributed by atoms with van der Waals surface area (Å²) < 4.78 is 27.5. The van der Waals surface area contributed by atoms with E-state index in [1.54, 1.807) is 42.6 Å². The number of anilines is 2. The fourth-order valence-electron chi connectivity index (χ4n) is 2.32. The summed E-state index contributed by atoms with van der Waals surface area (Å²) in [6.07, 6.45) is 4.41. The Balaban J connectivity index is 1.97. The third-order valence-electron chi connectivity index (χ3n) is 3.83. The van der Waals surface area contributed by atoms with Gasteiger partial charge in [0.25, 0.3) is 0 Å². The first-order valence-electron chi connectivity index (χ1n) is 8.16. The second kappa shape index (κ2) is 7.71. The van der Waals surface area contributed by atoms with Crippen LogP contribution in [-0.4, -0.2) is 47.6 Å². The van der Waals surface area contributed by atoms with Crippen LogP contribution in [0, 0.1) is 0 Å². The molecule has 0 atom stereocenters. The van der Waals surface area contributed by atoms with E-state index >= 15 is 0 Å². The van der Waals surface area contributed by atoms with Gasteiger partial charge in [-0.2, -0.15) is 12.7 Å². The number of hydrogen-bond donors (Lipinski definition) is 2. The summed E-state index contributed by atoms with van der Waals surface area (Å²) in [5.74, 6) is -0.397. The van der Waals surface area contributed by atoms with Gasteiger partial charge in [0.15, 0.2) is 11.5 Å². The van der Waals surface area contributed by atoms with E-state index in [-0.39, 0.29) is 11.5 Å². The molecule has 0 fully saturated rings. The summed E-state index contributed by atoms with van der Waals surface area (Å²) in [5.41, 5.74) is 7.49. The molecule has 0 unspecified atom stereocenters. The van der Waals surface area contributed by atoms with Crippen LogP contribution in [0.25, 0.3) is 11.3 Å². The number of nitrogens with two attached hydrogens (primary N) is 1. The molecule has 144 valence electrons. The number of carbonyl (C=O) groups excluding carboxylic acids is 1. The molecule has 0 bridgehead atoms. The lowest BCUT2D eigenvalue weighted by Gasteiger charge is -2.14. The molecule has 3 aromatic rings. The summed E-state index contributed by atoms with van der Waals surface area (Å²) in [5, 5.41) is 0. The number of nitrogens with one attached hydrogen (secondary N) is 1. The van der Waals surface area contributed by atoms with Crippen LogP contribution in [0.5, 0.6) is 0 Å². The van der Waals surface area contributed by atoms with Crippen molar-refractivity contribution in [1.29, 1.82) is 0 Å². The lowest BCUT2D eigenvalue weighted by molar-refractivity contribution is 0.103. The first-order chi connectivity index (χ1) is 13.3. The molecule has 0 aliphatic rings. The van der Waals surface area contributed by atoms with Gasteiger partial charge >= 0.3 is 10.2 Å². The number of ketones is 1. The topological polar surface area (TPSA) is 131 Å². The van der Waals surface area contributed by atoms with Crippen molar-refractivity contribution in [3.63, 3.8) is 0 Å². The minimum Gasteiger partial charge on any atom is -0.382 e. The van der Waals surface area contributed by atoms with Gasteiger partial charge in [-0.15, -0.1) is 0 Å². The van der Waals surface area contributed by atoms with Crippen molar-refractivity contribution in [1.82, 2.24) is 19.3 Å². The van der Waals surface area contributed by atoms with E-state index in [4.69, 9.17) is 5.73 Å². The van der Waals surface area contributed by atoms with Crippen LogP contribution in [0.15, 0.2) is 55.0 Å². The second-order valence-corrected chi connectivity index (χ2v) is 7.91. The van der Waals surface area contributed by atoms with Gasteiger partial charge in [-0.1, -0.05) is 12.1 Å². The van der Waals surface area contributed by atoms with Crippen molar-refractivity contribution < 1.29 is 13.2 Å². The summed E-state index contributed by atoms with van der Waals surface area (Å²) in [4.78, 5) is 25.0. The molecule has 3 N–H and O–H groups in total. The Morgan fingerprint density at radius 1 is 1.14 bits per heavy atom. The molecule has 1 aromatic carbocycles. The maximum atomic E-state index is 12.7. The van der Waals surface area contributed by atoms with Gasteiger partial charge in [0.1, 0.15) is 0 Å². The molecule has 2 aromatic heterocycles. The maximum Gasteiger partial charge on any atom is 0.301 e. The van der Waals surface area contributed by atoms with Gasteiger partial charge in [0.05, 0.1) is 17.6 Å². The highest BCUT2D eigenvalue weighted by atomic mass is 32.2. The predicted octanol–water partition coefficient (Wildman–Crippen LogP) is 1.57. The van der Waals surface area contributed by atoms with Crippen molar-refractivity contribution in [3.05, 3.63) is 66.2 Å². The Labute approximate surface area is 162 Å². The van der Waals surface area contributed by atoms with Crippen molar-refractivity contribution in [2.24, 2.45) is 0 Å². The lowest BCUT2D eigenvalue weighted by atomic mass is 10.1. The largest absolute Gasteiger partial charge is 0.382 e. The lowest BCUT2D eigenvalue weighted by Crippen LogP contribution is -2.28. The fourth-order valence-corrected chi connectivity index (χ4v) is 2.93. The standard InChI is InChI=1S/C18H18N6O3S/c1-24(2)28(26,27)23-14-7-3-5-12(9-14)15-11-21-18(19)16(22-15)17(25)13-6-4-8-20-10-13/h3-11,23H,1-2H3,(H2,19,21). The first-order valence-corrected chi connectivity index (χ1v) is 9.60. The number of rotatable bonds is 6. The average molecular weight is 398 g/mol. The fraction of sp³-hybridized carbons (Fsp3) is 0.111. The van der Waals surface area contributed by atoms with Gasteiger partial charge in [-0.05, 0) is 24.3 Å². The quantitative estimate of drug-likeness (QED) is 0.603. The number of hydrogen-bond acceptors (Lipinski definition) is 7. The first kappa shape index (κ1) is 19.4. The summed E-state index contributed by atoms with van der Waals surface area (Å²) in [6, 6.07) is 9.85. The molecular formula is C18H18N6O3S. The van der Waals surface area contributed by atoms with Crippen LogP contribution in [0.2, 0.25) is 0 Å². The minimum atomic E-state index is -3.65. The van der Waals surface area contributed by atoms with Crippen molar-refractivity contribution >= 4 is 27.5 Å². The van der Waals surface area contributed by atoms with Gasteiger partial charge in [-0.3, -0.25) is 14.5 Å². The molecule has 2 heterocycles. The van der Waals surface area contributed by atoms with Crippen LogP contribution < -0.4 is 10.5 Å². The van der Waals surface area contributed by atoms with Crippen LogP contribution in [0.1, 0.15) is 16.1 Å². The van der Waals surface area contributed by atoms with Gasteiger partial charge < -0.3 is 5.73 Å². The molecule has 0 spiro atoms. The highest BCUT2D eigenvalue weighted by Gasteiger charge is 2.18. The molecule has 10 heteroatoms. The number of pyridine rings is 1. The zero-order chi connectivity index (χ0) is 20.3. The van der Waals surface area contributed by atoms with E-state index in [1.165, 1.54) is 26.5 Å². The van der Waals surface area contributed by atoms with Gasteiger partial charge in [-0.25, -0.2) is 9.97 Å².